The number of benzene rings is 1. The minimum atomic E-state index is -0.533. The lowest BCUT2D eigenvalue weighted by Crippen LogP contribution is -2.13. The number of hydrogen-bond donors (Lipinski definition) is 0. The van der Waals surface area contributed by atoms with Gasteiger partial charge in [-0.25, -0.2) is 14.2 Å². The fourth-order valence-electron chi connectivity index (χ4n) is 1.91. The smallest absolute Gasteiger partial charge is 0.345 e. The van der Waals surface area contributed by atoms with Crippen molar-refractivity contribution in [2.75, 3.05) is 12.9 Å². The monoisotopic (exact) mass is 336 g/mol. The van der Waals surface area contributed by atoms with Crippen LogP contribution in [-0.2, 0) is 11.2 Å². The van der Waals surface area contributed by atoms with Crippen molar-refractivity contribution >= 4 is 17.7 Å². The summed E-state index contributed by atoms with van der Waals surface area (Å²) in [6.07, 6.45) is 2.37. The van der Waals surface area contributed by atoms with Crippen LogP contribution in [0, 0.1) is 5.82 Å². The minimum Gasteiger partial charge on any atom is -0.462 e. The third-order valence-corrected chi connectivity index (χ3v) is 3.50. The second-order valence-electron chi connectivity index (χ2n) is 4.47. The van der Waals surface area contributed by atoms with Gasteiger partial charge in [0.05, 0.1) is 12.3 Å². The van der Waals surface area contributed by atoms with E-state index in [1.54, 1.807) is 6.92 Å². The molecular formula is C16H17FN2O3S. The van der Waals surface area contributed by atoms with Crippen molar-refractivity contribution in [2.24, 2.45) is 0 Å². The average molecular weight is 336 g/mol. The summed E-state index contributed by atoms with van der Waals surface area (Å²) in [6.45, 7) is 3.85. The number of hydrogen-bond acceptors (Lipinski definition) is 6. The first-order valence-electron chi connectivity index (χ1n) is 7.14. The zero-order valence-electron chi connectivity index (χ0n) is 13.1. The van der Waals surface area contributed by atoms with E-state index >= 15 is 0 Å². The Morgan fingerprint density at radius 1 is 1.22 bits per heavy atom. The molecule has 0 aliphatic rings. The largest absolute Gasteiger partial charge is 0.462 e. The topological polar surface area (TPSA) is 61.3 Å². The van der Waals surface area contributed by atoms with Crippen LogP contribution in [0.15, 0.2) is 29.4 Å². The number of aromatic nitrogens is 2. The Balaban J connectivity index is 2.49. The second kappa shape index (κ2) is 7.92. The lowest BCUT2D eigenvalue weighted by molar-refractivity contribution is 0.0520. The van der Waals surface area contributed by atoms with E-state index in [9.17, 15) is 9.18 Å². The molecule has 122 valence electrons. The quantitative estimate of drug-likeness (QED) is 0.453. The van der Waals surface area contributed by atoms with Crippen molar-refractivity contribution in [2.45, 2.75) is 25.4 Å². The van der Waals surface area contributed by atoms with E-state index in [2.05, 4.69) is 9.97 Å². The van der Waals surface area contributed by atoms with Crippen molar-refractivity contribution in [1.29, 1.82) is 0 Å². The Kier molecular flexibility index (Phi) is 5.92. The van der Waals surface area contributed by atoms with Crippen molar-refractivity contribution in [3.8, 4) is 11.6 Å². The number of rotatable bonds is 6. The summed E-state index contributed by atoms with van der Waals surface area (Å²) in [7, 11) is 0. The molecule has 0 atom stereocenters. The van der Waals surface area contributed by atoms with E-state index in [1.807, 2.05) is 13.2 Å². The minimum absolute atomic E-state index is 0.117. The highest BCUT2D eigenvalue weighted by Gasteiger charge is 2.23. The molecule has 1 aromatic heterocycles. The molecule has 23 heavy (non-hydrogen) atoms. The predicted octanol–water partition coefficient (Wildman–Crippen LogP) is 3.87. The van der Waals surface area contributed by atoms with E-state index in [-0.39, 0.29) is 23.9 Å². The van der Waals surface area contributed by atoms with Gasteiger partial charge < -0.3 is 9.47 Å². The first-order valence-corrected chi connectivity index (χ1v) is 8.36. The number of nitrogens with zero attached hydrogens (tertiary/aromatic N) is 2. The maximum absolute atomic E-state index is 13.0. The van der Waals surface area contributed by atoms with Crippen LogP contribution in [0.3, 0.4) is 0 Å². The van der Waals surface area contributed by atoms with Gasteiger partial charge in [-0.05, 0) is 43.9 Å². The molecule has 0 N–H and O–H groups in total. The first-order chi connectivity index (χ1) is 11.1. The Morgan fingerprint density at radius 2 is 1.91 bits per heavy atom. The highest BCUT2D eigenvalue weighted by molar-refractivity contribution is 7.98. The number of thioether (sulfide) groups is 1. The van der Waals surface area contributed by atoms with Crippen LogP contribution in [0.4, 0.5) is 4.39 Å². The van der Waals surface area contributed by atoms with Gasteiger partial charge in [0.25, 0.3) is 0 Å². The molecule has 0 aliphatic carbocycles. The van der Waals surface area contributed by atoms with Crippen LogP contribution in [0.2, 0.25) is 0 Å². The molecule has 0 spiro atoms. The van der Waals surface area contributed by atoms with Crippen LogP contribution in [0.25, 0.3) is 0 Å². The Hall–Kier alpha value is -2.15. The van der Waals surface area contributed by atoms with Gasteiger partial charge in [-0.15, -0.1) is 0 Å². The zero-order chi connectivity index (χ0) is 16.8. The van der Waals surface area contributed by atoms with Gasteiger partial charge in [0.1, 0.15) is 17.1 Å². The Labute approximate surface area is 138 Å². The van der Waals surface area contributed by atoms with Gasteiger partial charge in [-0.3, -0.25) is 0 Å². The molecule has 0 saturated carbocycles. The zero-order valence-corrected chi connectivity index (χ0v) is 13.9. The lowest BCUT2D eigenvalue weighted by atomic mass is 10.2. The summed E-state index contributed by atoms with van der Waals surface area (Å²) in [5.41, 5.74) is 0.761. The summed E-state index contributed by atoms with van der Waals surface area (Å²) < 4.78 is 23.8. The van der Waals surface area contributed by atoms with E-state index in [4.69, 9.17) is 9.47 Å². The molecule has 0 radical (unpaired) electrons. The highest BCUT2D eigenvalue weighted by atomic mass is 32.2. The summed E-state index contributed by atoms with van der Waals surface area (Å²) in [4.78, 5) is 20.8. The van der Waals surface area contributed by atoms with Crippen LogP contribution in [-0.4, -0.2) is 28.8 Å². The number of carbonyl (C=O) groups excluding carboxylic acids is 1. The summed E-state index contributed by atoms with van der Waals surface area (Å²) in [5.74, 6) is -0.408. The van der Waals surface area contributed by atoms with Crippen molar-refractivity contribution in [3.05, 3.63) is 41.3 Å². The van der Waals surface area contributed by atoms with Crippen molar-refractivity contribution in [3.63, 3.8) is 0 Å². The standard InChI is InChI=1S/C16H17FN2O3S/c1-4-12-13(15(20)21-5-2)14(19-16(18-12)23-3)22-11-8-6-10(17)7-9-11/h6-9H,4-5H2,1-3H3. The van der Waals surface area contributed by atoms with Gasteiger partial charge in [-0.1, -0.05) is 18.7 Å². The molecule has 0 aliphatic heterocycles. The molecule has 1 heterocycles. The van der Waals surface area contributed by atoms with Gasteiger partial charge in [0, 0.05) is 0 Å². The number of aryl methyl sites for hydroxylation is 1. The third kappa shape index (κ3) is 4.19. The molecule has 2 aromatic rings. The van der Waals surface area contributed by atoms with E-state index in [0.29, 0.717) is 23.0 Å². The summed E-state index contributed by atoms with van der Waals surface area (Å²) >= 11 is 1.34. The summed E-state index contributed by atoms with van der Waals surface area (Å²) in [5, 5.41) is 0.493. The number of ether oxygens (including phenoxy) is 2. The summed E-state index contributed by atoms with van der Waals surface area (Å²) in [6, 6.07) is 5.49. The maximum atomic E-state index is 13.0. The Bertz CT molecular complexity index is 692. The predicted molar refractivity (Wildman–Crippen MR) is 85.6 cm³/mol. The van der Waals surface area contributed by atoms with Crippen LogP contribution >= 0.6 is 11.8 Å². The fraction of sp³-hybridized carbons (Fsp3) is 0.312. The van der Waals surface area contributed by atoms with E-state index in [0.717, 1.165) is 0 Å². The molecule has 0 fully saturated rings. The van der Waals surface area contributed by atoms with E-state index in [1.165, 1.54) is 36.0 Å². The number of esters is 1. The van der Waals surface area contributed by atoms with Crippen molar-refractivity contribution < 1.29 is 18.7 Å². The molecule has 0 amide bonds. The van der Waals surface area contributed by atoms with Crippen molar-refractivity contribution in [1.82, 2.24) is 9.97 Å². The first kappa shape index (κ1) is 17.2. The maximum Gasteiger partial charge on any atom is 0.345 e. The molecule has 0 saturated heterocycles. The van der Waals surface area contributed by atoms with Gasteiger partial charge in [-0.2, -0.15) is 4.98 Å². The fourth-order valence-corrected chi connectivity index (χ4v) is 2.28. The number of carbonyl (C=O) groups is 1. The van der Waals surface area contributed by atoms with Gasteiger partial charge >= 0.3 is 5.97 Å². The normalized spacial score (nSPS) is 10.4. The molecule has 1 aromatic carbocycles. The average Bonchev–Trinajstić information content (AvgIpc) is 2.56. The lowest BCUT2D eigenvalue weighted by Gasteiger charge is -2.13. The van der Waals surface area contributed by atoms with Crippen LogP contribution in [0.1, 0.15) is 29.9 Å². The second-order valence-corrected chi connectivity index (χ2v) is 5.24. The molecule has 7 heteroatoms. The third-order valence-electron chi connectivity index (χ3n) is 2.96. The van der Waals surface area contributed by atoms with E-state index < -0.39 is 5.97 Å². The molecule has 0 unspecified atom stereocenters. The van der Waals surface area contributed by atoms with Gasteiger partial charge in [0.15, 0.2) is 5.16 Å². The van der Waals surface area contributed by atoms with Gasteiger partial charge in [0.2, 0.25) is 5.88 Å². The molecule has 5 nitrogen and oxygen atoms in total. The van der Waals surface area contributed by atoms with Crippen LogP contribution in [0.5, 0.6) is 11.6 Å². The molecular weight excluding hydrogens is 319 g/mol. The molecule has 2 rings (SSSR count). The highest BCUT2D eigenvalue weighted by Crippen LogP contribution is 2.28. The number of halogens is 1. The van der Waals surface area contributed by atoms with Crippen LogP contribution < -0.4 is 4.74 Å². The Morgan fingerprint density at radius 3 is 2.48 bits per heavy atom. The SMILES string of the molecule is CCOC(=O)c1c(CC)nc(SC)nc1Oc1ccc(F)cc1. The molecule has 0 bridgehead atoms.